The van der Waals surface area contributed by atoms with Crippen molar-refractivity contribution in [1.82, 2.24) is 5.32 Å². The van der Waals surface area contributed by atoms with Crippen molar-refractivity contribution in [2.24, 2.45) is 5.41 Å². The van der Waals surface area contributed by atoms with Gasteiger partial charge in [-0.2, -0.15) is 0 Å². The molecule has 1 unspecified atom stereocenters. The summed E-state index contributed by atoms with van der Waals surface area (Å²) in [6.45, 7) is 6.68. The SMILES string of the molecule is CCCOc1ccc(-c2cc3c(cc2F)C(NC(=O)O)C(C)(C)C3)cc1. The fraction of sp³-hybridized carbons (Fsp3) is 0.381. The van der Waals surface area contributed by atoms with Gasteiger partial charge in [-0.3, -0.25) is 0 Å². The van der Waals surface area contributed by atoms with Gasteiger partial charge in [0.15, 0.2) is 0 Å². The highest BCUT2D eigenvalue weighted by atomic mass is 19.1. The van der Waals surface area contributed by atoms with E-state index >= 15 is 0 Å². The zero-order chi connectivity index (χ0) is 18.9. The van der Waals surface area contributed by atoms with Gasteiger partial charge < -0.3 is 15.2 Å². The van der Waals surface area contributed by atoms with Crippen molar-refractivity contribution in [1.29, 1.82) is 0 Å². The van der Waals surface area contributed by atoms with Gasteiger partial charge >= 0.3 is 6.09 Å². The Balaban J connectivity index is 1.94. The third-order valence-electron chi connectivity index (χ3n) is 4.87. The first kappa shape index (κ1) is 18.2. The molecule has 26 heavy (non-hydrogen) atoms. The first-order chi connectivity index (χ1) is 12.3. The Morgan fingerprint density at radius 1 is 1.31 bits per heavy atom. The van der Waals surface area contributed by atoms with Crippen LogP contribution in [0.25, 0.3) is 11.1 Å². The number of carbonyl (C=O) groups is 1. The van der Waals surface area contributed by atoms with Crippen molar-refractivity contribution in [3.8, 4) is 16.9 Å². The second-order valence-corrected chi connectivity index (χ2v) is 7.45. The summed E-state index contributed by atoms with van der Waals surface area (Å²) in [5, 5.41) is 11.6. The highest BCUT2D eigenvalue weighted by Crippen LogP contribution is 2.46. The van der Waals surface area contributed by atoms with Crippen molar-refractivity contribution in [2.45, 2.75) is 39.7 Å². The number of halogens is 1. The topological polar surface area (TPSA) is 58.6 Å². The van der Waals surface area contributed by atoms with Gasteiger partial charge in [-0.15, -0.1) is 0 Å². The van der Waals surface area contributed by atoms with E-state index in [1.165, 1.54) is 6.07 Å². The monoisotopic (exact) mass is 357 g/mol. The van der Waals surface area contributed by atoms with Crippen LogP contribution in [0.15, 0.2) is 36.4 Å². The first-order valence-corrected chi connectivity index (χ1v) is 8.87. The van der Waals surface area contributed by atoms with Crippen LogP contribution in [0, 0.1) is 11.2 Å². The van der Waals surface area contributed by atoms with Gasteiger partial charge in [0, 0.05) is 5.56 Å². The minimum atomic E-state index is -1.09. The van der Waals surface area contributed by atoms with Crippen molar-refractivity contribution in [3.63, 3.8) is 0 Å². The number of hydrogen-bond acceptors (Lipinski definition) is 2. The van der Waals surface area contributed by atoms with Crippen LogP contribution in [0.1, 0.15) is 44.4 Å². The number of amides is 1. The summed E-state index contributed by atoms with van der Waals surface area (Å²) < 4.78 is 20.4. The van der Waals surface area contributed by atoms with E-state index in [0.29, 0.717) is 18.6 Å². The standard InChI is InChI=1S/C21H24FNO3/c1-4-9-26-15-7-5-13(6-8-15)16-10-14-12-21(2,3)19(23-20(24)25)17(14)11-18(16)22/h5-8,10-11,19,23H,4,9,12H2,1-3H3,(H,24,25). The molecule has 4 nitrogen and oxygen atoms in total. The Hall–Kier alpha value is -2.56. The van der Waals surface area contributed by atoms with Gasteiger partial charge in [0.1, 0.15) is 11.6 Å². The van der Waals surface area contributed by atoms with Crippen molar-refractivity contribution >= 4 is 6.09 Å². The average Bonchev–Trinajstić information content (AvgIpc) is 2.82. The quantitative estimate of drug-likeness (QED) is 0.776. The van der Waals surface area contributed by atoms with E-state index in [2.05, 4.69) is 5.32 Å². The summed E-state index contributed by atoms with van der Waals surface area (Å²) in [6, 6.07) is 10.3. The molecule has 0 aromatic heterocycles. The molecule has 1 aliphatic rings. The Morgan fingerprint density at radius 3 is 2.62 bits per heavy atom. The molecule has 5 heteroatoms. The molecule has 2 aromatic rings. The lowest BCUT2D eigenvalue weighted by Crippen LogP contribution is -2.34. The summed E-state index contributed by atoms with van der Waals surface area (Å²) in [7, 11) is 0. The highest BCUT2D eigenvalue weighted by molar-refractivity contribution is 5.69. The maximum absolute atomic E-state index is 14.8. The van der Waals surface area contributed by atoms with Gasteiger partial charge in [-0.05, 0) is 59.2 Å². The van der Waals surface area contributed by atoms with Gasteiger partial charge in [-0.1, -0.05) is 32.9 Å². The molecule has 0 saturated heterocycles. The Kier molecular flexibility index (Phi) is 4.90. The highest BCUT2D eigenvalue weighted by Gasteiger charge is 2.40. The number of hydrogen-bond donors (Lipinski definition) is 2. The fourth-order valence-corrected chi connectivity index (χ4v) is 3.64. The second-order valence-electron chi connectivity index (χ2n) is 7.45. The van der Waals surface area contributed by atoms with Gasteiger partial charge in [-0.25, -0.2) is 9.18 Å². The summed E-state index contributed by atoms with van der Waals surface area (Å²) in [4.78, 5) is 11.1. The Morgan fingerprint density at radius 2 is 2.00 bits per heavy atom. The maximum atomic E-state index is 14.8. The van der Waals surface area contributed by atoms with Crippen LogP contribution in [0.2, 0.25) is 0 Å². The predicted molar refractivity (Wildman–Crippen MR) is 99.0 cm³/mol. The first-order valence-electron chi connectivity index (χ1n) is 8.87. The largest absolute Gasteiger partial charge is 0.494 e. The van der Waals surface area contributed by atoms with Crippen LogP contribution < -0.4 is 10.1 Å². The third-order valence-corrected chi connectivity index (χ3v) is 4.87. The molecule has 0 aliphatic heterocycles. The molecule has 138 valence electrons. The second kappa shape index (κ2) is 6.98. The van der Waals surface area contributed by atoms with Crippen molar-refractivity contribution in [3.05, 3.63) is 53.3 Å². The van der Waals surface area contributed by atoms with Crippen LogP contribution in [-0.2, 0) is 6.42 Å². The van der Waals surface area contributed by atoms with Crippen LogP contribution in [0.3, 0.4) is 0 Å². The number of nitrogens with one attached hydrogen (secondary N) is 1. The molecule has 0 radical (unpaired) electrons. The van der Waals surface area contributed by atoms with E-state index in [-0.39, 0.29) is 11.2 Å². The van der Waals surface area contributed by atoms with Gasteiger partial charge in [0.05, 0.1) is 12.6 Å². The summed E-state index contributed by atoms with van der Waals surface area (Å²) >= 11 is 0. The van der Waals surface area contributed by atoms with E-state index in [1.807, 2.05) is 51.1 Å². The number of rotatable bonds is 5. The van der Waals surface area contributed by atoms with Crippen LogP contribution >= 0.6 is 0 Å². The number of fused-ring (bicyclic) bond motifs is 1. The molecule has 0 spiro atoms. The zero-order valence-corrected chi connectivity index (χ0v) is 15.3. The summed E-state index contributed by atoms with van der Waals surface area (Å²) in [5.41, 5.74) is 2.71. The molecular weight excluding hydrogens is 333 g/mol. The minimum absolute atomic E-state index is 0.302. The van der Waals surface area contributed by atoms with Crippen LogP contribution in [0.5, 0.6) is 5.75 Å². The van der Waals surface area contributed by atoms with E-state index in [4.69, 9.17) is 9.84 Å². The Labute approximate surface area is 153 Å². The van der Waals surface area contributed by atoms with E-state index in [1.54, 1.807) is 0 Å². The minimum Gasteiger partial charge on any atom is -0.494 e. The molecule has 2 N–H and O–H groups in total. The molecule has 3 rings (SSSR count). The molecule has 0 bridgehead atoms. The normalized spacial score (nSPS) is 17.6. The van der Waals surface area contributed by atoms with E-state index in [9.17, 15) is 9.18 Å². The third kappa shape index (κ3) is 3.52. The van der Waals surface area contributed by atoms with Gasteiger partial charge in [0.25, 0.3) is 0 Å². The number of ether oxygens (including phenoxy) is 1. The smallest absolute Gasteiger partial charge is 0.405 e. The molecule has 1 atom stereocenters. The maximum Gasteiger partial charge on any atom is 0.405 e. The molecule has 0 saturated carbocycles. The molecule has 1 amide bonds. The lowest BCUT2D eigenvalue weighted by atomic mass is 9.85. The summed E-state index contributed by atoms with van der Waals surface area (Å²) in [6.07, 6.45) is 0.531. The summed E-state index contributed by atoms with van der Waals surface area (Å²) in [5.74, 6) is 0.421. The van der Waals surface area contributed by atoms with Crippen molar-refractivity contribution in [2.75, 3.05) is 6.61 Å². The average molecular weight is 357 g/mol. The molecular formula is C21H24FNO3. The fourth-order valence-electron chi connectivity index (χ4n) is 3.64. The Bertz CT molecular complexity index is 815. The lowest BCUT2D eigenvalue weighted by Gasteiger charge is -2.27. The van der Waals surface area contributed by atoms with Crippen LogP contribution in [-0.4, -0.2) is 17.8 Å². The molecule has 0 fully saturated rings. The van der Waals surface area contributed by atoms with Crippen molar-refractivity contribution < 1.29 is 19.0 Å². The van der Waals surface area contributed by atoms with E-state index < -0.39 is 12.1 Å². The predicted octanol–water partition coefficient (Wildman–Crippen LogP) is 5.17. The van der Waals surface area contributed by atoms with Gasteiger partial charge in [0.2, 0.25) is 0 Å². The number of benzene rings is 2. The zero-order valence-electron chi connectivity index (χ0n) is 15.3. The lowest BCUT2D eigenvalue weighted by molar-refractivity contribution is 0.175. The molecule has 0 heterocycles. The molecule has 1 aliphatic carbocycles. The number of carboxylic acid groups (broad SMARTS) is 1. The van der Waals surface area contributed by atoms with E-state index in [0.717, 1.165) is 28.9 Å². The van der Waals surface area contributed by atoms with Crippen LogP contribution in [0.4, 0.5) is 9.18 Å². The molecule has 2 aromatic carbocycles.